The zero-order valence-corrected chi connectivity index (χ0v) is 6.71. The van der Waals surface area contributed by atoms with E-state index in [0.29, 0.717) is 5.69 Å². The first-order valence-corrected chi connectivity index (χ1v) is 3.71. The summed E-state index contributed by atoms with van der Waals surface area (Å²) in [6.45, 7) is 0. The summed E-state index contributed by atoms with van der Waals surface area (Å²) >= 11 is 5.52. The maximum Gasteiger partial charge on any atom is 0.274 e. The fourth-order valence-corrected chi connectivity index (χ4v) is 1.31. The zero-order valence-electron chi connectivity index (χ0n) is 5.95. The number of rotatable bonds is 0. The Labute approximate surface area is 73.2 Å². The molecule has 0 fully saturated rings. The number of aromatic nitrogens is 1. The van der Waals surface area contributed by atoms with Gasteiger partial charge in [0.05, 0.1) is 5.69 Å². The smallest absolute Gasteiger partial charge is 0.274 e. The van der Waals surface area contributed by atoms with Gasteiger partial charge in [-0.15, -0.1) is 0 Å². The lowest BCUT2D eigenvalue weighted by Crippen LogP contribution is -2.20. The summed E-state index contributed by atoms with van der Waals surface area (Å²) in [4.78, 5) is 22.4. The van der Waals surface area contributed by atoms with Gasteiger partial charge in [-0.1, -0.05) is 11.6 Å². The fraction of sp³-hybridized carbons (Fsp3) is 0. The molecule has 0 aliphatic carbocycles. The van der Waals surface area contributed by atoms with Crippen molar-refractivity contribution in [3.05, 3.63) is 35.1 Å². The minimum absolute atomic E-state index is 0.0382. The van der Waals surface area contributed by atoms with Crippen molar-refractivity contribution in [2.45, 2.75) is 0 Å². The molecule has 0 amide bonds. The quantitative estimate of drug-likeness (QED) is 0.608. The zero-order chi connectivity index (χ0) is 8.72. The highest BCUT2D eigenvalue weighted by Crippen LogP contribution is 2.17. The van der Waals surface area contributed by atoms with Crippen LogP contribution in [-0.2, 0) is 0 Å². The average Bonchev–Trinajstić information content (AvgIpc) is 2.48. The second-order valence-electron chi connectivity index (χ2n) is 2.43. The predicted molar refractivity (Wildman–Crippen MR) is 43.3 cm³/mol. The van der Waals surface area contributed by atoms with E-state index in [-0.39, 0.29) is 16.7 Å². The maximum absolute atomic E-state index is 11.2. The Morgan fingerprint density at radius 2 is 2.08 bits per heavy atom. The van der Waals surface area contributed by atoms with E-state index in [1.54, 1.807) is 12.1 Å². The van der Waals surface area contributed by atoms with Gasteiger partial charge in [-0.25, -0.2) is 0 Å². The topological polar surface area (TPSA) is 39.1 Å². The molecule has 2 rings (SSSR count). The number of ketones is 1. The second kappa shape index (κ2) is 2.32. The summed E-state index contributed by atoms with van der Waals surface area (Å²) in [6, 6.07) is 3.22. The summed E-state index contributed by atoms with van der Waals surface area (Å²) in [7, 11) is 0. The molecule has 4 heteroatoms. The first-order valence-electron chi connectivity index (χ1n) is 3.34. The molecule has 0 spiro atoms. The van der Waals surface area contributed by atoms with Crippen LogP contribution in [0.5, 0.6) is 0 Å². The van der Waals surface area contributed by atoms with Crippen molar-refractivity contribution in [3.8, 4) is 0 Å². The Bertz CT molecular complexity index is 403. The van der Waals surface area contributed by atoms with Crippen molar-refractivity contribution in [2.24, 2.45) is 0 Å². The van der Waals surface area contributed by atoms with Crippen LogP contribution in [0.25, 0.3) is 0 Å². The number of halogens is 1. The van der Waals surface area contributed by atoms with Gasteiger partial charge in [-0.3, -0.25) is 14.2 Å². The normalized spacial score (nSPS) is 15.9. The van der Waals surface area contributed by atoms with Crippen LogP contribution in [0.4, 0.5) is 0 Å². The Kier molecular flexibility index (Phi) is 1.41. The van der Waals surface area contributed by atoms with Crippen LogP contribution >= 0.6 is 11.6 Å². The number of hydrogen-bond donors (Lipinski definition) is 0. The van der Waals surface area contributed by atoms with E-state index >= 15 is 0 Å². The molecule has 0 unspecified atom stereocenters. The monoisotopic (exact) mass is 181 g/mol. The van der Waals surface area contributed by atoms with E-state index in [9.17, 15) is 9.59 Å². The van der Waals surface area contributed by atoms with Crippen molar-refractivity contribution >= 4 is 23.3 Å². The van der Waals surface area contributed by atoms with E-state index in [4.69, 9.17) is 11.6 Å². The largest absolute Gasteiger partial charge is 0.288 e. The standard InChI is InChI=1S/C8H4ClNO2/c9-5-4-7(11)6-2-1-3-10(6)8(5)12/h1-4H. The fourth-order valence-electron chi connectivity index (χ4n) is 1.12. The molecular formula is C8H4ClNO2. The molecule has 3 nitrogen and oxygen atoms in total. The van der Waals surface area contributed by atoms with Crippen molar-refractivity contribution in [3.63, 3.8) is 0 Å². The molecule has 0 bridgehead atoms. The van der Waals surface area contributed by atoms with Gasteiger partial charge in [0, 0.05) is 12.3 Å². The van der Waals surface area contributed by atoms with Crippen LogP contribution in [-0.4, -0.2) is 16.3 Å². The number of carbonyl (C=O) groups is 2. The minimum atomic E-state index is -0.351. The van der Waals surface area contributed by atoms with Crippen molar-refractivity contribution in [1.82, 2.24) is 4.57 Å². The van der Waals surface area contributed by atoms with Gasteiger partial charge in [-0.2, -0.15) is 0 Å². The molecule has 1 aliphatic rings. The Hall–Kier alpha value is -1.35. The molecule has 1 aromatic heterocycles. The highest BCUT2D eigenvalue weighted by molar-refractivity contribution is 6.45. The van der Waals surface area contributed by atoms with Gasteiger partial charge >= 0.3 is 0 Å². The summed E-state index contributed by atoms with van der Waals surface area (Å²) in [6.07, 6.45) is 2.66. The summed E-state index contributed by atoms with van der Waals surface area (Å²) in [5, 5.41) is -0.0382. The van der Waals surface area contributed by atoms with Gasteiger partial charge in [0.15, 0.2) is 0 Å². The lowest BCUT2D eigenvalue weighted by molar-refractivity contribution is 0.0921. The number of carbonyl (C=O) groups excluding carboxylic acids is 2. The van der Waals surface area contributed by atoms with E-state index < -0.39 is 0 Å². The van der Waals surface area contributed by atoms with Gasteiger partial charge in [0.1, 0.15) is 5.03 Å². The molecule has 2 heterocycles. The number of allylic oxidation sites excluding steroid dienone is 2. The summed E-state index contributed by atoms with van der Waals surface area (Å²) in [5.41, 5.74) is 0.365. The molecule has 60 valence electrons. The third-order valence-electron chi connectivity index (χ3n) is 1.68. The molecule has 0 N–H and O–H groups in total. The van der Waals surface area contributed by atoms with Crippen LogP contribution in [0.15, 0.2) is 29.4 Å². The highest BCUT2D eigenvalue weighted by Gasteiger charge is 2.22. The maximum atomic E-state index is 11.2. The van der Waals surface area contributed by atoms with Crippen molar-refractivity contribution in [1.29, 1.82) is 0 Å². The molecule has 0 atom stereocenters. The average molecular weight is 182 g/mol. The molecule has 0 saturated heterocycles. The van der Waals surface area contributed by atoms with Gasteiger partial charge < -0.3 is 0 Å². The van der Waals surface area contributed by atoms with E-state index in [1.165, 1.54) is 10.8 Å². The SMILES string of the molecule is O=C1C=C(Cl)C(=O)n2cccc21. The number of nitrogens with zero attached hydrogens (tertiary/aromatic N) is 1. The van der Waals surface area contributed by atoms with E-state index in [0.717, 1.165) is 6.08 Å². The second-order valence-corrected chi connectivity index (χ2v) is 2.83. The highest BCUT2D eigenvalue weighted by atomic mass is 35.5. The first kappa shape index (κ1) is 7.31. The lowest BCUT2D eigenvalue weighted by Gasteiger charge is -2.08. The molecule has 0 saturated carbocycles. The lowest BCUT2D eigenvalue weighted by atomic mass is 10.2. The molecule has 1 aromatic rings. The summed E-state index contributed by atoms with van der Waals surface area (Å²) in [5.74, 6) is -0.583. The third kappa shape index (κ3) is 0.833. The Morgan fingerprint density at radius 1 is 1.33 bits per heavy atom. The van der Waals surface area contributed by atoms with Crippen LogP contribution in [0.1, 0.15) is 15.3 Å². The van der Waals surface area contributed by atoms with Crippen molar-refractivity contribution < 1.29 is 9.59 Å². The van der Waals surface area contributed by atoms with Crippen LogP contribution in [0.2, 0.25) is 0 Å². The predicted octanol–water partition coefficient (Wildman–Crippen LogP) is 1.45. The van der Waals surface area contributed by atoms with E-state index in [1.807, 2.05) is 0 Å². The molecule has 12 heavy (non-hydrogen) atoms. The van der Waals surface area contributed by atoms with Crippen LogP contribution < -0.4 is 0 Å². The minimum Gasteiger partial charge on any atom is -0.288 e. The third-order valence-corrected chi connectivity index (χ3v) is 1.95. The van der Waals surface area contributed by atoms with Gasteiger partial charge in [0.25, 0.3) is 5.91 Å². The molecular weight excluding hydrogens is 178 g/mol. The van der Waals surface area contributed by atoms with Gasteiger partial charge in [-0.05, 0) is 12.1 Å². The van der Waals surface area contributed by atoms with Crippen LogP contribution in [0.3, 0.4) is 0 Å². The van der Waals surface area contributed by atoms with Crippen molar-refractivity contribution in [2.75, 3.05) is 0 Å². The Balaban J connectivity index is 2.67. The molecule has 0 aromatic carbocycles. The van der Waals surface area contributed by atoms with E-state index in [2.05, 4.69) is 0 Å². The molecule has 1 aliphatic heterocycles. The molecule has 0 radical (unpaired) electrons. The summed E-state index contributed by atoms with van der Waals surface area (Å²) < 4.78 is 1.24. The Morgan fingerprint density at radius 3 is 2.83 bits per heavy atom. The van der Waals surface area contributed by atoms with Gasteiger partial charge in [0.2, 0.25) is 5.78 Å². The first-order chi connectivity index (χ1) is 5.70. The number of hydrogen-bond acceptors (Lipinski definition) is 2. The number of fused-ring (bicyclic) bond motifs is 1. The van der Waals surface area contributed by atoms with Crippen LogP contribution in [0, 0.1) is 0 Å².